The smallest absolute Gasteiger partial charge is 0.164 e. The van der Waals surface area contributed by atoms with Crippen molar-refractivity contribution in [1.29, 1.82) is 0 Å². The molecule has 1 rings (SSSR count). The van der Waals surface area contributed by atoms with Crippen LogP contribution in [0.4, 0.5) is 0 Å². The van der Waals surface area contributed by atoms with Gasteiger partial charge in [0.2, 0.25) is 0 Å². The van der Waals surface area contributed by atoms with Crippen molar-refractivity contribution in [2.75, 3.05) is 0 Å². The highest BCUT2D eigenvalue weighted by atomic mass is 17.1. The van der Waals surface area contributed by atoms with Crippen LogP contribution < -0.4 is 0 Å². The molecule has 110 valence electrons. The Labute approximate surface area is 115 Å². The zero-order valence-corrected chi connectivity index (χ0v) is 12.4. The van der Waals surface area contributed by atoms with Crippen molar-refractivity contribution in [3.8, 4) is 0 Å². The molecule has 0 aromatic rings. The van der Waals surface area contributed by atoms with E-state index in [2.05, 4.69) is 6.92 Å². The Balaban J connectivity index is 3.04. The molecule has 0 amide bonds. The first-order chi connectivity index (χ1) is 8.89. The molecular formula is C15H26O4. The molecule has 0 unspecified atom stereocenters. The van der Waals surface area contributed by atoms with E-state index in [1.807, 2.05) is 13.8 Å². The largest absolute Gasteiger partial charge is 0.300 e. The number of hydrogen-bond acceptors (Lipinski definition) is 4. The minimum Gasteiger partial charge on any atom is -0.300 e. The zero-order chi connectivity index (χ0) is 14.6. The van der Waals surface area contributed by atoms with E-state index in [0.717, 1.165) is 19.1 Å². The van der Waals surface area contributed by atoms with Gasteiger partial charge in [-0.05, 0) is 38.0 Å². The first kappa shape index (κ1) is 16.3. The van der Waals surface area contributed by atoms with Crippen molar-refractivity contribution >= 4 is 12.1 Å². The molecule has 1 saturated carbocycles. The normalized spacial score (nSPS) is 35.4. The van der Waals surface area contributed by atoms with E-state index in [0.29, 0.717) is 12.8 Å². The Hall–Kier alpha value is -0.740. The molecule has 0 radical (unpaired) electrons. The van der Waals surface area contributed by atoms with Crippen molar-refractivity contribution in [2.45, 2.75) is 59.0 Å². The van der Waals surface area contributed by atoms with Crippen molar-refractivity contribution < 1.29 is 19.7 Å². The van der Waals surface area contributed by atoms with E-state index >= 15 is 0 Å². The predicted octanol–water partition coefficient (Wildman–Crippen LogP) is 3.10. The Kier molecular flexibility index (Phi) is 5.68. The zero-order valence-electron chi connectivity index (χ0n) is 12.4. The van der Waals surface area contributed by atoms with Gasteiger partial charge in [0.25, 0.3) is 0 Å². The monoisotopic (exact) mass is 270 g/mol. The van der Waals surface area contributed by atoms with Gasteiger partial charge in [0.05, 0.1) is 0 Å². The van der Waals surface area contributed by atoms with Gasteiger partial charge in [0, 0.05) is 18.3 Å². The van der Waals surface area contributed by atoms with Crippen LogP contribution in [0.3, 0.4) is 0 Å². The maximum Gasteiger partial charge on any atom is 0.164 e. The molecule has 19 heavy (non-hydrogen) atoms. The minimum absolute atomic E-state index is 0.00292. The SMILES string of the molecule is CC(=O)CC[C@H]1[C@H](C)CC[C@H](C(C)C)[C@]1(C=O)OO. The number of hydrogen-bond donors (Lipinski definition) is 1. The van der Waals surface area contributed by atoms with Crippen molar-refractivity contribution in [3.05, 3.63) is 0 Å². The van der Waals surface area contributed by atoms with E-state index in [-0.39, 0.29) is 29.5 Å². The lowest BCUT2D eigenvalue weighted by Gasteiger charge is -2.48. The van der Waals surface area contributed by atoms with Crippen LogP contribution in [0.25, 0.3) is 0 Å². The summed E-state index contributed by atoms with van der Waals surface area (Å²) in [6.07, 6.45) is 3.66. The van der Waals surface area contributed by atoms with Crippen LogP contribution >= 0.6 is 0 Å². The molecule has 0 aliphatic heterocycles. The Morgan fingerprint density at radius 3 is 2.53 bits per heavy atom. The fourth-order valence-corrected chi connectivity index (χ4v) is 3.64. The third kappa shape index (κ3) is 3.23. The van der Waals surface area contributed by atoms with E-state index < -0.39 is 5.60 Å². The van der Waals surface area contributed by atoms with Gasteiger partial charge in [-0.1, -0.05) is 20.8 Å². The molecule has 0 aromatic carbocycles. The van der Waals surface area contributed by atoms with Crippen molar-refractivity contribution in [1.82, 2.24) is 0 Å². The summed E-state index contributed by atoms with van der Waals surface area (Å²) >= 11 is 0. The number of Topliss-reactive ketones (excluding diaryl/α,β-unsaturated/α-hetero) is 1. The van der Waals surface area contributed by atoms with Crippen LogP contribution in [0.15, 0.2) is 0 Å². The van der Waals surface area contributed by atoms with Gasteiger partial charge in [-0.2, -0.15) is 0 Å². The molecule has 0 heterocycles. The summed E-state index contributed by atoms with van der Waals surface area (Å²) in [5, 5.41) is 9.40. The van der Waals surface area contributed by atoms with E-state index in [4.69, 9.17) is 4.89 Å². The highest BCUT2D eigenvalue weighted by Crippen LogP contribution is 2.47. The first-order valence-corrected chi connectivity index (χ1v) is 7.17. The van der Waals surface area contributed by atoms with Crippen LogP contribution in [0.2, 0.25) is 0 Å². The van der Waals surface area contributed by atoms with Crippen LogP contribution in [-0.2, 0) is 14.5 Å². The summed E-state index contributed by atoms with van der Waals surface area (Å²) in [5.74, 6) is 0.538. The summed E-state index contributed by atoms with van der Waals surface area (Å²) in [7, 11) is 0. The van der Waals surface area contributed by atoms with Crippen LogP contribution in [0, 0.1) is 23.7 Å². The van der Waals surface area contributed by atoms with Gasteiger partial charge < -0.3 is 4.79 Å². The molecule has 0 aromatic heterocycles. The molecule has 1 aliphatic rings. The number of ketones is 1. The molecule has 4 heteroatoms. The second kappa shape index (κ2) is 6.62. The van der Waals surface area contributed by atoms with E-state index in [1.54, 1.807) is 6.92 Å². The highest BCUT2D eigenvalue weighted by Gasteiger charge is 2.53. The van der Waals surface area contributed by atoms with Crippen LogP contribution in [0.5, 0.6) is 0 Å². The summed E-state index contributed by atoms with van der Waals surface area (Å²) in [5.41, 5.74) is -1.15. The first-order valence-electron chi connectivity index (χ1n) is 7.17. The molecular weight excluding hydrogens is 244 g/mol. The molecule has 4 atom stereocenters. The molecule has 0 saturated heterocycles. The third-order valence-corrected chi connectivity index (χ3v) is 4.73. The van der Waals surface area contributed by atoms with Crippen LogP contribution in [-0.4, -0.2) is 22.9 Å². The quantitative estimate of drug-likeness (QED) is 0.457. The maximum atomic E-state index is 11.7. The Morgan fingerprint density at radius 2 is 2.11 bits per heavy atom. The number of carbonyl (C=O) groups is 2. The third-order valence-electron chi connectivity index (χ3n) is 4.73. The lowest BCUT2D eigenvalue weighted by Crippen LogP contribution is -2.55. The van der Waals surface area contributed by atoms with E-state index in [9.17, 15) is 14.8 Å². The summed E-state index contributed by atoms with van der Waals surface area (Å²) in [6, 6.07) is 0. The van der Waals surface area contributed by atoms with Gasteiger partial charge >= 0.3 is 0 Å². The molecule has 1 aliphatic carbocycles. The standard InChI is InChI=1S/C15H26O4/c1-10(2)13-7-5-11(3)14(8-6-12(4)17)15(13,9-16)19-18/h9-11,13-14,18H,5-8H2,1-4H3/t11-,13-,14+,15+/m1/s1. The summed E-state index contributed by atoms with van der Waals surface area (Å²) in [4.78, 5) is 27.6. The summed E-state index contributed by atoms with van der Waals surface area (Å²) in [6.45, 7) is 7.70. The van der Waals surface area contributed by atoms with Gasteiger partial charge in [-0.25, -0.2) is 4.89 Å². The second-order valence-corrected chi connectivity index (χ2v) is 6.32. The molecule has 1 N–H and O–H groups in total. The molecule has 4 nitrogen and oxygen atoms in total. The van der Waals surface area contributed by atoms with Gasteiger partial charge in [-0.15, -0.1) is 0 Å². The van der Waals surface area contributed by atoms with Crippen LogP contribution in [0.1, 0.15) is 53.4 Å². The van der Waals surface area contributed by atoms with Gasteiger partial charge in [-0.3, -0.25) is 10.1 Å². The van der Waals surface area contributed by atoms with Crippen molar-refractivity contribution in [3.63, 3.8) is 0 Å². The molecule has 0 spiro atoms. The van der Waals surface area contributed by atoms with Gasteiger partial charge in [0.15, 0.2) is 11.9 Å². The minimum atomic E-state index is -1.15. The Bertz CT molecular complexity index is 326. The topological polar surface area (TPSA) is 63.6 Å². The maximum absolute atomic E-state index is 11.7. The number of rotatable bonds is 6. The highest BCUT2D eigenvalue weighted by molar-refractivity contribution is 5.75. The average molecular weight is 270 g/mol. The molecule has 0 bridgehead atoms. The molecule has 1 fully saturated rings. The fraction of sp³-hybridized carbons (Fsp3) is 0.867. The predicted molar refractivity (Wildman–Crippen MR) is 72.6 cm³/mol. The lowest BCUT2D eigenvalue weighted by molar-refractivity contribution is -0.347. The Morgan fingerprint density at radius 1 is 1.47 bits per heavy atom. The van der Waals surface area contributed by atoms with E-state index in [1.165, 1.54) is 0 Å². The second-order valence-electron chi connectivity index (χ2n) is 6.32. The van der Waals surface area contributed by atoms with Crippen molar-refractivity contribution in [2.24, 2.45) is 23.7 Å². The summed E-state index contributed by atoms with van der Waals surface area (Å²) < 4.78 is 0. The van der Waals surface area contributed by atoms with Gasteiger partial charge in [0.1, 0.15) is 5.78 Å². The fourth-order valence-electron chi connectivity index (χ4n) is 3.64. The number of carbonyl (C=O) groups excluding carboxylic acids is 2. The lowest BCUT2D eigenvalue weighted by atomic mass is 9.60. The number of aldehydes is 1. The average Bonchev–Trinajstić information content (AvgIpc) is 2.35.